The second kappa shape index (κ2) is 8.83. The van der Waals surface area contributed by atoms with Crippen molar-refractivity contribution in [2.24, 2.45) is 0 Å². The fraction of sp³-hybridized carbons (Fsp3) is 0.450. The molecule has 9 nitrogen and oxygen atoms in total. The number of hydrogen-bond donors (Lipinski definition) is 2. The van der Waals surface area contributed by atoms with Crippen LogP contribution in [0, 0.1) is 0 Å². The van der Waals surface area contributed by atoms with Crippen LogP contribution in [-0.4, -0.2) is 64.0 Å². The van der Waals surface area contributed by atoms with E-state index in [1.807, 2.05) is 17.5 Å². The van der Waals surface area contributed by atoms with Crippen molar-refractivity contribution in [3.8, 4) is 0 Å². The van der Waals surface area contributed by atoms with Crippen LogP contribution in [0.4, 0.5) is 9.59 Å². The van der Waals surface area contributed by atoms with Crippen molar-refractivity contribution in [1.82, 2.24) is 20.4 Å². The molecule has 6 amide bonds. The molecule has 1 aromatic rings. The van der Waals surface area contributed by atoms with Crippen LogP contribution in [0.1, 0.15) is 37.0 Å². The van der Waals surface area contributed by atoms with Crippen LogP contribution in [0.25, 0.3) is 6.08 Å². The minimum absolute atomic E-state index is 0.0161. The van der Waals surface area contributed by atoms with E-state index >= 15 is 0 Å². The van der Waals surface area contributed by atoms with Crippen molar-refractivity contribution in [2.75, 3.05) is 19.6 Å². The number of carbonyl (C=O) groups excluding carboxylic acids is 5. The molecular weight excluding hydrogens is 440 g/mol. The van der Waals surface area contributed by atoms with Crippen molar-refractivity contribution in [3.05, 3.63) is 27.3 Å². The number of imide groups is 2. The number of thioether (sulfide) groups is 1. The standard InChI is InChI=1S/C20H22N4O5S2/c25-15(12-24-17(27)20(22-18(24)28)6-2-1-3-7-20)21-8-9-23-16(26)14(31-19(23)29)11-13-5-4-10-30-13/h4-5,10-11H,1-3,6-9,12H2,(H,21,25)(H,22,28)/b14-11+. The molecule has 1 aromatic heterocycles. The topological polar surface area (TPSA) is 116 Å². The third kappa shape index (κ3) is 4.38. The third-order valence-electron chi connectivity index (χ3n) is 5.60. The first kappa shape index (κ1) is 21.6. The van der Waals surface area contributed by atoms with Crippen molar-refractivity contribution in [1.29, 1.82) is 0 Å². The van der Waals surface area contributed by atoms with Gasteiger partial charge in [0.2, 0.25) is 5.91 Å². The molecule has 2 N–H and O–H groups in total. The summed E-state index contributed by atoms with van der Waals surface area (Å²) in [5.41, 5.74) is -0.869. The molecule has 2 saturated heterocycles. The van der Waals surface area contributed by atoms with Gasteiger partial charge in [0.25, 0.3) is 17.1 Å². The highest BCUT2D eigenvalue weighted by Crippen LogP contribution is 2.34. The second-order valence-corrected chi connectivity index (χ2v) is 9.64. The van der Waals surface area contributed by atoms with E-state index in [1.54, 1.807) is 6.08 Å². The SMILES string of the molecule is O=C(CN1C(=O)NC2(CCCCC2)C1=O)NCCN1C(=O)S/C(=C/c2cccs2)C1=O. The van der Waals surface area contributed by atoms with Crippen LogP contribution in [0.5, 0.6) is 0 Å². The molecule has 1 aliphatic carbocycles. The van der Waals surface area contributed by atoms with Crippen LogP contribution in [0.3, 0.4) is 0 Å². The number of nitrogens with one attached hydrogen (secondary N) is 2. The van der Waals surface area contributed by atoms with Gasteiger partial charge in [-0.2, -0.15) is 0 Å². The first-order valence-electron chi connectivity index (χ1n) is 10.1. The van der Waals surface area contributed by atoms with Gasteiger partial charge < -0.3 is 10.6 Å². The van der Waals surface area contributed by atoms with Gasteiger partial charge in [0.1, 0.15) is 12.1 Å². The average Bonchev–Trinajstić information content (AvgIpc) is 3.40. The summed E-state index contributed by atoms with van der Waals surface area (Å²) in [6.45, 7) is -0.327. The molecule has 0 radical (unpaired) electrons. The van der Waals surface area contributed by atoms with Gasteiger partial charge >= 0.3 is 6.03 Å². The molecule has 0 bridgehead atoms. The van der Waals surface area contributed by atoms with E-state index in [2.05, 4.69) is 10.6 Å². The van der Waals surface area contributed by atoms with Crippen LogP contribution in [0.2, 0.25) is 0 Å². The molecule has 1 spiro atoms. The molecule has 3 fully saturated rings. The summed E-state index contributed by atoms with van der Waals surface area (Å²) in [5, 5.41) is 6.84. The lowest BCUT2D eigenvalue weighted by Crippen LogP contribution is -2.49. The van der Waals surface area contributed by atoms with Crippen LogP contribution in [0.15, 0.2) is 22.4 Å². The first-order valence-corrected chi connectivity index (χ1v) is 11.8. The Morgan fingerprint density at radius 1 is 1.16 bits per heavy atom. The Morgan fingerprint density at radius 2 is 1.94 bits per heavy atom. The summed E-state index contributed by atoms with van der Waals surface area (Å²) >= 11 is 2.33. The van der Waals surface area contributed by atoms with E-state index in [4.69, 9.17) is 0 Å². The van der Waals surface area contributed by atoms with E-state index in [9.17, 15) is 24.0 Å². The predicted molar refractivity (Wildman–Crippen MR) is 116 cm³/mol. The zero-order chi connectivity index (χ0) is 22.0. The zero-order valence-corrected chi connectivity index (χ0v) is 18.4. The zero-order valence-electron chi connectivity index (χ0n) is 16.7. The lowest BCUT2D eigenvalue weighted by Gasteiger charge is -2.30. The fourth-order valence-corrected chi connectivity index (χ4v) is 5.60. The van der Waals surface area contributed by atoms with Crippen molar-refractivity contribution < 1.29 is 24.0 Å². The summed E-state index contributed by atoms with van der Waals surface area (Å²) in [6.07, 6.45) is 5.62. The first-order chi connectivity index (χ1) is 14.9. The highest BCUT2D eigenvalue weighted by molar-refractivity contribution is 8.18. The van der Waals surface area contributed by atoms with Gasteiger partial charge in [-0.1, -0.05) is 25.3 Å². The van der Waals surface area contributed by atoms with Crippen molar-refractivity contribution in [3.63, 3.8) is 0 Å². The maximum atomic E-state index is 12.7. The predicted octanol–water partition coefficient (Wildman–Crippen LogP) is 2.16. The smallest absolute Gasteiger partial charge is 0.325 e. The van der Waals surface area contributed by atoms with Crippen LogP contribution < -0.4 is 10.6 Å². The van der Waals surface area contributed by atoms with Gasteiger partial charge in [0.05, 0.1) is 4.91 Å². The highest BCUT2D eigenvalue weighted by atomic mass is 32.2. The Balaban J connectivity index is 1.28. The van der Waals surface area contributed by atoms with Gasteiger partial charge in [-0.3, -0.25) is 29.0 Å². The Hall–Kier alpha value is -2.66. The Kier molecular flexibility index (Phi) is 6.15. The number of carbonyl (C=O) groups is 5. The summed E-state index contributed by atoms with van der Waals surface area (Å²) in [6, 6.07) is 3.16. The van der Waals surface area contributed by atoms with Gasteiger partial charge in [-0.25, -0.2) is 4.79 Å². The Bertz CT molecular complexity index is 953. The van der Waals surface area contributed by atoms with E-state index in [0.29, 0.717) is 17.7 Å². The quantitative estimate of drug-likeness (QED) is 0.494. The third-order valence-corrected chi connectivity index (χ3v) is 7.33. The molecule has 2 aliphatic heterocycles. The number of nitrogens with zero attached hydrogens (tertiary/aromatic N) is 2. The molecule has 0 aromatic carbocycles. The van der Waals surface area contributed by atoms with Gasteiger partial charge in [0, 0.05) is 18.0 Å². The molecule has 3 heterocycles. The lowest BCUT2D eigenvalue weighted by molar-refractivity contribution is -0.135. The fourth-order valence-electron chi connectivity index (χ4n) is 4.02. The number of thiophene rings is 1. The summed E-state index contributed by atoms with van der Waals surface area (Å²) in [5.74, 6) is -1.26. The monoisotopic (exact) mass is 462 g/mol. The van der Waals surface area contributed by atoms with Crippen LogP contribution >= 0.6 is 23.1 Å². The molecule has 164 valence electrons. The summed E-state index contributed by atoms with van der Waals surface area (Å²) in [7, 11) is 0. The van der Waals surface area contributed by atoms with E-state index in [1.165, 1.54) is 11.3 Å². The van der Waals surface area contributed by atoms with E-state index < -0.39 is 28.6 Å². The molecule has 0 unspecified atom stereocenters. The molecule has 3 aliphatic rings. The number of urea groups is 1. The number of rotatable bonds is 6. The minimum atomic E-state index is -0.869. The highest BCUT2D eigenvalue weighted by Gasteiger charge is 2.51. The lowest BCUT2D eigenvalue weighted by atomic mass is 9.82. The summed E-state index contributed by atoms with van der Waals surface area (Å²) < 4.78 is 0. The Morgan fingerprint density at radius 3 is 2.65 bits per heavy atom. The van der Waals surface area contributed by atoms with Crippen LogP contribution in [-0.2, 0) is 14.4 Å². The maximum absolute atomic E-state index is 12.7. The van der Waals surface area contributed by atoms with Gasteiger partial charge in [-0.15, -0.1) is 11.3 Å². The molecule has 4 rings (SSSR count). The average molecular weight is 463 g/mol. The van der Waals surface area contributed by atoms with E-state index in [-0.39, 0.29) is 25.5 Å². The molecule has 1 saturated carbocycles. The molecule has 0 atom stereocenters. The largest absolute Gasteiger partial charge is 0.353 e. The maximum Gasteiger partial charge on any atom is 0.325 e. The van der Waals surface area contributed by atoms with Gasteiger partial charge in [0.15, 0.2) is 0 Å². The minimum Gasteiger partial charge on any atom is -0.353 e. The Labute approximate surface area is 187 Å². The summed E-state index contributed by atoms with van der Waals surface area (Å²) in [4.78, 5) is 65.1. The number of amides is 6. The molecule has 31 heavy (non-hydrogen) atoms. The normalized spacial score (nSPS) is 22.0. The molecule has 11 heteroatoms. The van der Waals surface area contributed by atoms with Crippen molar-refractivity contribution in [2.45, 2.75) is 37.6 Å². The van der Waals surface area contributed by atoms with Crippen molar-refractivity contribution >= 4 is 58.2 Å². The molecular formula is C20H22N4O5S2. The number of hydrogen-bond acceptors (Lipinski definition) is 7. The van der Waals surface area contributed by atoms with E-state index in [0.717, 1.165) is 45.7 Å². The second-order valence-electron chi connectivity index (χ2n) is 7.66. The van der Waals surface area contributed by atoms with Gasteiger partial charge in [-0.05, 0) is 42.1 Å².